The van der Waals surface area contributed by atoms with Gasteiger partial charge in [-0.15, -0.1) is 0 Å². The first-order valence-corrected chi connectivity index (χ1v) is 13.3. The maximum atomic E-state index is 13.5. The van der Waals surface area contributed by atoms with Crippen molar-refractivity contribution in [3.05, 3.63) is 71.4 Å². The number of carbonyl (C=O) groups excluding carboxylic acids is 1. The molecule has 4 heteroatoms. The molecule has 180 valence electrons. The molecule has 2 aliphatic rings. The van der Waals surface area contributed by atoms with Crippen LogP contribution in [-0.4, -0.2) is 34.5 Å². The Hall–Kier alpha value is -2.59. The quantitative estimate of drug-likeness (QED) is 0.493. The molecule has 0 radical (unpaired) electrons. The molecule has 0 spiro atoms. The van der Waals surface area contributed by atoms with Crippen LogP contribution in [-0.2, 0) is 11.3 Å². The van der Waals surface area contributed by atoms with Crippen molar-refractivity contribution in [3.8, 4) is 0 Å². The highest BCUT2D eigenvalue weighted by molar-refractivity contribution is 5.86. The van der Waals surface area contributed by atoms with Crippen LogP contribution in [0.4, 0.5) is 0 Å². The Morgan fingerprint density at radius 2 is 1.76 bits per heavy atom. The van der Waals surface area contributed by atoms with Gasteiger partial charge in [-0.3, -0.25) is 4.79 Å². The molecular weight excluding hydrogens is 418 g/mol. The topological polar surface area (TPSA) is 51.3 Å². The minimum absolute atomic E-state index is 0.0560. The maximum absolute atomic E-state index is 13.5. The predicted molar refractivity (Wildman–Crippen MR) is 140 cm³/mol. The van der Waals surface area contributed by atoms with Crippen LogP contribution in [0.1, 0.15) is 74.0 Å². The lowest BCUT2D eigenvalue weighted by molar-refractivity contribution is -0.132. The van der Waals surface area contributed by atoms with Gasteiger partial charge in [0.1, 0.15) is 0 Å². The number of fused-ring (bicyclic) bond motifs is 1. The maximum Gasteiger partial charge on any atom is 0.223 e. The van der Waals surface area contributed by atoms with E-state index in [1.165, 1.54) is 59.7 Å². The highest BCUT2D eigenvalue weighted by Crippen LogP contribution is 2.37. The molecule has 1 unspecified atom stereocenters. The summed E-state index contributed by atoms with van der Waals surface area (Å²) >= 11 is 0. The summed E-state index contributed by atoms with van der Waals surface area (Å²) in [5.74, 6) is 1.07. The van der Waals surface area contributed by atoms with E-state index in [-0.39, 0.29) is 17.9 Å². The molecule has 0 bridgehead atoms. The van der Waals surface area contributed by atoms with E-state index in [1.807, 2.05) is 4.90 Å². The van der Waals surface area contributed by atoms with Crippen molar-refractivity contribution in [2.45, 2.75) is 76.8 Å². The molecule has 1 amide bonds. The third-order valence-corrected chi connectivity index (χ3v) is 8.09. The smallest absolute Gasteiger partial charge is 0.223 e. The molecule has 3 aromatic rings. The molecule has 2 aromatic carbocycles. The Morgan fingerprint density at radius 3 is 2.53 bits per heavy atom. The van der Waals surface area contributed by atoms with Crippen LogP contribution < -0.4 is 5.73 Å². The second kappa shape index (κ2) is 10.4. The third-order valence-electron chi connectivity index (χ3n) is 8.09. The number of nitrogens with zero attached hydrogens (tertiary/aromatic N) is 2. The van der Waals surface area contributed by atoms with Crippen LogP contribution in [0.3, 0.4) is 0 Å². The Bertz CT molecular complexity index is 1120. The van der Waals surface area contributed by atoms with E-state index in [2.05, 4.69) is 66.2 Å². The molecule has 5 rings (SSSR count). The van der Waals surface area contributed by atoms with Crippen molar-refractivity contribution in [2.24, 2.45) is 11.7 Å². The number of aromatic nitrogens is 1. The molecule has 2 N–H and O–H groups in total. The summed E-state index contributed by atoms with van der Waals surface area (Å²) in [6, 6.07) is 17.7. The van der Waals surface area contributed by atoms with Gasteiger partial charge in [0.2, 0.25) is 5.91 Å². The largest absolute Gasteiger partial charge is 0.347 e. The molecule has 1 aliphatic carbocycles. The fourth-order valence-corrected chi connectivity index (χ4v) is 6.10. The highest BCUT2D eigenvalue weighted by atomic mass is 16.2. The SMILES string of the molecule is Cc1cccc(C(CC(=O)N2CCC(N)CC2)c2cn(CC3CCCCC3)c3ccccc23)c1. The summed E-state index contributed by atoms with van der Waals surface area (Å²) < 4.78 is 2.48. The van der Waals surface area contributed by atoms with E-state index in [0.29, 0.717) is 6.42 Å². The number of para-hydroxylation sites is 1. The van der Waals surface area contributed by atoms with Gasteiger partial charge >= 0.3 is 0 Å². The number of piperidine rings is 1. The van der Waals surface area contributed by atoms with Crippen molar-refractivity contribution in [2.75, 3.05) is 13.1 Å². The average molecular weight is 458 g/mol. The van der Waals surface area contributed by atoms with Gasteiger partial charge in [0.25, 0.3) is 0 Å². The minimum Gasteiger partial charge on any atom is -0.347 e. The average Bonchev–Trinajstić information content (AvgIpc) is 3.21. The predicted octanol–water partition coefficient (Wildman–Crippen LogP) is 6.00. The van der Waals surface area contributed by atoms with E-state index >= 15 is 0 Å². The van der Waals surface area contributed by atoms with Gasteiger partial charge in [-0.25, -0.2) is 0 Å². The molecule has 2 heterocycles. The zero-order valence-electron chi connectivity index (χ0n) is 20.6. The molecule has 1 saturated heterocycles. The molecule has 4 nitrogen and oxygen atoms in total. The number of hydrogen-bond donors (Lipinski definition) is 1. The van der Waals surface area contributed by atoms with Gasteiger partial charge in [0.05, 0.1) is 0 Å². The van der Waals surface area contributed by atoms with Gasteiger partial charge in [0, 0.05) is 55.1 Å². The van der Waals surface area contributed by atoms with Gasteiger partial charge in [-0.2, -0.15) is 0 Å². The van der Waals surface area contributed by atoms with Crippen LogP contribution in [0, 0.1) is 12.8 Å². The zero-order valence-corrected chi connectivity index (χ0v) is 20.6. The number of carbonyl (C=O) groups is 1. The second-order valence-corrected chi connectivity index (χ2v) is 10.6. The molecule has 2 fully saturated rings. The van der Waals surface area contributed by atoms with Crippen LogP contribution in [0.2, 0.25) is 0 Å². The van der Waals surface area contributed by atoms with Gasteiger partial charge in [-0.05, 0) is 55.7 Å². The third kappa shape index (κ3) is 5.07. The van der Waals surface area contributed by atoms with Crippen molar-refractivity contribution in [3.63, 3.8) is 0 Å². The number of benzene rings is 2. The van der Waals surface area contributed by atoms with Gasteiger partial charge in [0.15, 0.2) is 0 Å². The first kappa shape index (κ1) is 23.2. The first-order valence-electron chi connectivity index (χ1n) is 13.3. The lowest BCUT2D eigenvalue weighted by Crippen LogP contribution is -2.43. The minimum atomic E-state index is 0.0560. The fraction of sp³-hybridized carbons (Fsp3) is 0.500. The van der Waals surface area contributed by atoms with Crippen LogP contribution >= 0.6 is 0 Å². The van der Waals surface area contributed by atoms with Crippen LogP contribution in [0.15, 0.2) is 54.7 Å². The van der Waals surface area contributed by atoms with Crippen molar-refractivity contribution < 1.29 is 4.79 Å². The number of amides is 1. The van der Waals surface area contributed by atoms with E-state index in [9.17, 15) is 4.79 Å². The number of aryl methyl sites for hydroxylation is 1. The van der Waals surface area contributed by atoms with Crippen molar-refractivity contribution >= 4 is 16.8 Å². The molecular formula is C30H39N3O. The fourth-order valence-electron chi connectivity index (χ4n) is 6.10. The summed E-state index contributed by atoms with van der Waals surface area (Å²) in [7, 11) is 0. The van der Waals surface area contributed by atoms with Crippen LogP contribution in [0.25, 0.3) is 10.9 Å². The zero-order chi connectivity index (χ0) is 23.5. The Balaban J connectivity index is 1.50. The van der Waals surface area contributed by atoms with E-state index in [4.69, 9.17) is 5.73 Å². The monoisotopic (exact) mass is 457 g/mol. The Labute approximate surface area is 204 Å². The van der Waals surface area contributed by atoms with Crippen molar-refractivity contribution in [1.82, 2.24) is 9.47 Å². The highest BCUT2D eigenvalue weighted by Gasteiger charge is 2.27. The molecule has 1 atom stereocenters. The van der Waals surface area contributed by atoms with E-state index in [0.717, 1.165) is 38.4 Å². The first-order chi connectivity index (χ1) is 16.6. The van der Waals surface area contributed by atoms with E-state index in [1.54, 1.807) is 0 Å². The lowest BCUT2D eigenvalue weighted by Gasteiger charge is -2.31. The molecule has 34 heavy (non-hydrogen) atoms. The van der Waals surface area contributed by atoms with Crippen molar-refractivity contribution in [1.29, 1.82) is 0 Å². The standard InChI is InChI=1S/C30H39N3O/c1-22-8-7-11-24(18-22)27(19-30(34)32-16-14-25(31)15-17-32)28-21-33(20-23-9-3-2-4-10-23)29-13-6-5-12-26(28)29/h5-8,11-13,18,21,23,25,27H,2-4,9-10,14-17,19-20,31H2,1H3. The number of likely N-dealkylation sites (tertiary alicyclic amines) is 1. The molecule has 1 aromatic heterocycles. The Kier molecular flexibility index (Phi) is 7.05. The summed E-state index contributed by atoms with van der Waals surface area (Å²) in [5, 5.41) is 1.29. The second-order valence-electron chi connectivity index (χ2n) is 10.6. The molecule has 1 saturated carbocycles. The van der Waals surface area contributed by atoms with Gasteiger partial charge < -0.3 is 15.2 Å². The van der Waals surface area contributed by atoms with E-state index < -0.39 is 0 Å². The summed E-state index contributed by atoms with van der Waals surface area (Å²) in [4.78, 5) is 15.5. The van der Waals surface area contributed by atoms with Crippen LogP contribution in [0.5, 0.6) is 0 Å². The summed E-state index contributed by atoms with van der Waals surface area (Å²) in [6.45, 7) is 4.79. The van der Waals surface area contributed by atoms with Gasteiger partial charge in [-0.1, -0.05) is 67.3 Å². The lowest BCUT2D eigenvalue weighted by atomic mass is 9.87. The number of rotatable bonds is 6. The number of hydrogen-bond acceptors (Lipinski definition) is 2. The normalized spacial score (nSPS) is 18.9. The molecule has 1 aliphatic heterocycles. The summed E-state index contributed by atoms with van der Waals surface area (Å²) in [6.07, 6.45) is 11.4. The number of nitrogens with two attached hydrogens (primary N) is 1. The Morgan fingerprint density at radius 1 is 1.00 bits per heavy atom. The summed E-state index contributed by atoms with van der Waals surface area (Å²) in [5.41, 5.74) is 11.2.